The Kier molecular flexibility index (Phi) is 4.81. The van der Waals surface area contributed by atoms with Crippen LogP contribution in [0.25, 0.3) is 5.69 Å². The maximum absolute atomic E-state index is 12.2. The van der Waals surface area contributed by atoms with Gasteiger partial charge in [0.25, 0.3) is 0 Å². The third-order valence-electron chi connectivity index (χ3n) is 3.49. The van der Waals surface area contributed by atoms with Crippen LogP contribution < -0.4 is 0 Å². The van der Waals surface area contributed by atoms with Gasteiger partial charge < -0.3 is 0 Å². The Morgan fingerprint density at radius 2 is 1.68 bits per heavy atom. The Hall–Kier alpha value is -2.20. The summed E-state index contributed by atoms with van der Waals surface area (Å²) < 4.78 is 14.0. The van der Waals surface area contributed by atoms with E-state index in [0.29, 0.717) is 11.5 Å². The summed E-state index contributed by atoms with van der Waals surface area (Å²) in [6.07, 6.45) is 4.53. The molecule has 0 aliphatic rings. The monoisotopic (exact) mass is 310 g/mol. The van der Waals surface area contributed by atoms with E-state index in [1.54, 1.807) is 6.20 Å². The second-order valence-corrected chi connectivity index (χ2v) is 6.72. The van der Waals surface area contributed by atoms with Crippen LogP contribution in [0.1, 0.15) is 11.1 Å². The minimum Gasteiger partial charge on any atom is -0.259 e. The van der Waals surface area contributed by atoms with Gasteiger partial charge >= 0.3 is 0 Å². The fraction of sp³-hybridized carbons (Fsp3) is 0.167. The van der Waals surface area contributed by atoms with Crippen LogP contribution in [0.4, 0.5) is 0 Å². The molecule has 1 atom stereocenters. The molecule has 0 fully saturated rings. The quantitative estimate of drug-likeness (QED) is 0.700. The summed E-state index contributed by atoms with van der Waals surface area (Å²) in [5.41, 5.74) is 3.36. The van der Waals surface area contributed by atoms with E-state index in [9.17, 15) is 4.21 Å². The lowest BCUT2D eigenvalue weighted by molar-refractivity contribution is 0.682. The maximum Gasteiger partial charge on any atom is 0.0645 e. The molecule has 2 aromatic carbocycles. The molecule has 0 spiro atoms. The molecule has 22 heavy (non-hydrogen) atoms. The van der Waals surface area contributed by atoms with E-state index in [0.717, 1.165) is 17.7 Å². The molecule has 3 aromatic rings. The molecule has 3 nitrogen and oxygen atoms in total. The van der Waals surface area contributed by atoms with Crippen molar-refractivity contribution in [2.45, 2.75) is 12.2 Å². The molecule has 0 saturated heterocycles. The van der Waals surface area contributed by atoms with Gasteiger partial charge in [-0.3, -0.25) is 4.21 Å². The largest absolute Gasteiger partial charge is 0.259 e. The highest BCUT2D eigenvalue weighted by Gasteiger charge is 2.04. The predicted molar refractivity (Wildman–Crippen MR) is 90.4 cm³/mol. The summed E-state index contributed by atoms with van der Waals surface area (Å²) in [6, 6.07) is 20.2. The second kappa shape index (κ2) is 7.18. The molecule has 0 N–H and O–H groups in total. The van der Waals surface area contributed by atoms with Gasteiger partial charge in [-0.2, -0.15) is 5.10 Å². The van der Waals surface area contributed by atoms with Crippen molar-refractivity contribution in [2.24, 2.45) is 0 Å². The van der Waals surface area contributed by atoms with Crippen molar-refractivity contribution >= 4 is 10.8 Å². The number of aromatic nitrogens is 2. The molecule has 0 amide bonds. The molecule has 1 heterocycles. The van der Waals surface area contributed by atoms with E-state index in [1.807, 2.05) is 59.4 Å². The van der Waals surface area contributed by atoms with E-state index >= 15 is 0 Å². The first-order valence-electron chi connectivity index (χ1n) is 7.29. The fourth-order valence-corrected chi connectivity index (χ4v) is 3.47. The van der Waals surface area contributed by atoms with Crippen molar-refractivity contribution in [1.82, 2.24) is 9.78 Å². The Labute approximate surface area is 133 Å². The summed E-state index contributed by atoms with van der Waals surface area (Å²) >= 11 is 0. The molecule has 0 aliphatic heterocycles. The van der Waals surface area contributed by atoms with Crippen molar-refractivity contribution in [3.05, 3.63) is 84.2 Å². The van der Waals surface area contributed by atoms with Gasteiger partial charge in [0.15, 0.2) is 0 Å². The third-order valence-corrected chi connectivity index (χ3v) is 4.81. The highest BCUT2D eigenvalue weighted by Crippen LogP contribution is 2.11. The number of hydrogen-bond acceptors (Lipinski definition) is 2. The number of nitrogens with zero attached hydrogens (tertiary/aromatic N) is 2. The van der Waals surface area contributed by atoms with E-state index in [4.69, 9.17) is 0 Å². The van der Waals surface area contributed by atoms with Gasteiger partial charge in [0.2, 0.25) is 0 Å². The van der Waals surface area contributed by atoms with Crippen LogP contribution >= 0.6 is 0 Å². The SMILES string of the molecule is O=[S@@](CCc1ccccc1)Cc1ccc(-n2cccn2)cc1. The van der Waals surface area contributed by atoms with Crippen LogP contribution in [-0.2, 0) is 23.0 Å². The Balaban J connectivity index is 1.55. The van der Waals surface area contributed by atoms with Gasteiger partial charge in [0.05, 0.1) is 5.69 Å². The predicted octanol–water partition coefficient (Wildman–Crippen LogP) is 3.36. The summed E-state index contributed by atoms with van der Waals surface area (Å²) in [4.78, 5) is 0. The van der Waals surface area contributed by atoms with Crippen molar-refractivity contribution in [1.29, 1.82) is 0 Å². The van der Waals surface area contributed by atoms with Crippen LogP contribution in [0.2, 0.25) is 0 Å². The van der Waals surface area contributed by atoms with Crippen LogP contribution in [-0.4, -0.2) is 19.7 Å². The lowest BCUT2D eigenvalue weighted by atomic mass is 10.2. The molecular formula is C18H18N2OS. The van der Waals surface area contributed by atoms with Gasteiger partial charge in [-0.05, 0) is 35.7 Å². The zero-order valence-corrected chi connectivity index (χ0v) is 13.1. The molecular weight excluding hydrogens is 292 g/mol. The summed E-state index contributed by atoms with van der Waals surface area (Å²) in [5.74, 6) is 1.30. The first-order valence-corrected chi connectivity index (χ1v) is 8.78. The smallest absolute Gasteiger partial charge is 0.0645 e. The maximum atomic E-state index is 12.2. The number of rotatable bonds is 6. The van der Waals surface area contributed by atoms with Crippen LogP contribution in [0.15, 0.2) is 73.1 Å². The van der Waals surface area contributed by atoms with Gasteiger partial charge in [0.1, 0.15) is 0 Å². The summed E-state index contributed by atoms with van der Waals surface area (Å²) in [6.45, 7) is 0. The Morgan fingerprint density at radius 3 is 2.36 bits per heavy atom. The molecule has 3 rings (SSSR count). The lowest BCUT2D eigenvalue weighted by Gasteiger charge is -2.05. The first-order chi connectivity index (χ1) is 10.8. The summed E-state index contributed by atoms with van der Waals surface area (Å²) in [5, 5.41) is 4.20. The average molecular weight is 310 g/mol. The zero-order chi connectivity index (χ0) is 15.2. The molecule has 0 unspecified atom stereocenters. The molecule has 4 heteroatoms. The van der Waals surface area contributed by atoms with E-state index in [2.05, 4.69) is 17.2 Å². The first kappa shape index (κ1) is 14.7. The second-order valence-electron chi connectivity index (χ2n) is 5.14. The van der Waals surface area contributed by atoms with Crippen LogP contribution in [0, 0.1) is 0 Å². The molecule has 112 valence electrons. The zero-order valence-electron chi connectivity index (χ0n) is 12.3. The normalized spacial score (nSPS) is 12.2. The minimum atomic E-state index is -0.837. The molecule has 1 aromatic heterocycles. The number of benzene rings is 2. The van der Waals surface area contributed by atoms with Crippen molar-refractivity contribution in [3.8, 4) is 5.69 Å². The van der Waals surface area contributed by atoms with Gasteiger partial charge in [-0.1, -0.05) is 42.5 Å². The van der Waals surface area contributed by atoms with Gasteiger partial charge in [0, 0.05) is 34.7 Å². The molecule has 0 aliphatic carbocycles. The third kappa shape index (κ3) is 3.92. The standard InChI is InChI=1S/C18H18N2OS/c21-22(14-11-16-5-2-1-3-6-16)15-17-7-9-18(10-8-17)20-13-4-12-19-20/h1-10,12-13H,11,14-15H2/t22-/m0/s1. The van der Waals surface area contributed by atoms with Gasteiger partial charge in [-0.25, -0.2) is 4.68 Å². The Morgan fingerprint density at radius 1 is 0.909 bits per heavy atom. The topological polar surface area (TPSA) is 34.9 Å². The van der Waals surface area contributed by atoms with E-state index < -0.39 is 10.8 Å². The fourth-order valence-electron chi connectivity index (χ4n) is 2.30. The van der Waals surface area contributed by atoms with Crippen molar-refractivity contribution in [3.63, 3.8) is 0 Å². The van der Waals surface area contributed by atoms with Crippen molar-refractivity contribution < 1.29 is 4.21 Å². The number of aryl methyl sites for hydroxylation is 1. The van der Waals surface area contributed by atoms with Gasteiger partial charge in [-0.15, -0.1) is 0 Å². The molecule has 0 saturated carbocycles. The van der Waals surface area contributed by atoms with Crippen LogP contribution in [0.5, 0.6) is 0 Å². The average Bonchev–Trinajstić information content (AvgIpc) is 3.09. The van der Waals surface area contributed by atoms with Crippen LogP contribution in [0.3, 0.4) is 0 Å². The number of hydrogen-bond donors (Lipinski definition) is 0. The molecule has 0 radical (unpaired) electrons. The highest BCUT2D eigenvalue weighted by atomic mass is 32.2. The Bertz CT molecular complexity index is 722. The highest BCUT2D eigenvalue weighted by molar-refractivity contribution is 7.84. The molecule has 0 bridgehead atoms. The minimum absolute atomic E-state index is 0.603. The van der Waals surface area contributed by atoms with E-state index in [-0.39, 0.29) is 0 Å². The van der Waals surface area contributed by atoms with E-state index in [1.165, 1.54) is 5.56 Å². The lowest BCUT2D eigenvalue weighted by Crippen LogP contribution is -2.04. The summed E-state index contributed by atoms with van der Waals surface area (Å²) in [7, 11) is -0.837. The van der Waals surface area contributed by atoms with Crippen molar-refractivity contribution in [2.75, 3.05) is 5.75 Å².